The van der Waals surface area contributed by atoms with Crippen LogP contribution in [0.4, 0.5) is 11.4 Å². The number of nitrogens with one attached hydrogen (secondary N) is 2. The molecular weight excluding hydrogens is 376 g/mol. The summed E-state index contributed by atoms with van der Waals surface area (Å²) in [7, 11) is 0. The van der Waals surface area contributed by atoms with Crippen LogP contribution in [0.5, 0.6) is 0 Å². The number of carboxylic acid groups (broad SMARTS) is 1. The van der Waals surface area contributed by atoms with Crippen molar-refractivity contribution in [3.8, 4) is 0 Å². The maximum absolute atomic E-state index is 12.3. The van der Waals surface area contributed by atoms with Crippen LogP contribution in [0.25, 0.3) is 0 Å². The summed E-state index contributed by atoms with van der Waals surface area (Å²) >= 11 is 7.16. The molecule has 0 fully saturated rings. The largest absolute Gasteiger partial charge is 0.478 e. The number of amides is 2. The highest BCUT2D eigenvalue weighted by Crippen LogP contribution is 2.26. The first kappa shape index (κ1) is 19.8. The average Bonchev–Trinajstić information content (AvgIpc) is 2.57. The van der Waals surface area contributed by atoms with Gasteiger partial charge in [-0.05, 0) is 49.4 Å². The number of anilines is 2. The normalized spacial score (nSPS) is 11.5. The highest BCUT2D eigenvalue weighted by Gasteiger charge is 2.16. The number of halogens is 1. The van der Waals surface area contributed by atoms with Crippen LogP contribution < -0.4 is 10.6 Å². The Bertz CT molecular complexity index is 840. The molecule has 0 saturated carbocycles. The van der Waals surface area contributed by atoms with E-state index in [1.807, 2.05) is 12.1 Å². The first-order valence-electron chi connectivity index (χ1n) is 7.64. The van der Waals surface area contributed by atoms with Crippen molar-refractivity contribution in [1.29, 1.82) is 0 Å². The zero-order valence-corrected chi connectivity index (χ0v) is 15.6. The molecule has 0 spiro atoms. The number of benzene rings is 2. The van der Waals surface area contributed by atoms with Gasteiger partial charge in [0.25, 0.3) is 0 Å². The molecule has 1 atom stereocenters. The van der Waals surface area contributed by atoms with Gasteiger partial charge in [-0.3, -0.25) is 9.59 Å². The maximum atomic E-state index is 12.3. The van der Waals surface area contributed by atoms with Gasteiger partial charge in [0.05, 0.1) is 15.8 Å². The smallest absolute Gasteiger partial charge is 0.337 e. The second-order valence-electron chi connectivity index (χ2n) is 5.45. The van der Waals surface area contributed by atoms with Crippen molar-refractivity contribution < 1.29 is 19.5 Å². The van der Waals surface area contributed by atoms with E-state index in [0.717, 1.165) is 4.90 Å². The van der Waals surface area contributed by atoms with Crippen LogP contribution in [-0.4, -0.2) is 28.1 Å². The van der Waals surface area contributed by atoms with Gasteiger partial charge in [-0.1, -0.05) is 11.6 Å². The Hall–Kier alpha value is -2.51. The summed E-state index contributed by atoms with van der Waals surface area (Å²) in [4.78, 5) is 35.3. The van der Waals surface area contributed by atoms with Gasteiger partial charge in [-0.15, -0.1) is 11.8 Å². The molecule has 0 saturated heterocycles. The van der Waals surface area contributed by atoms with Gasteiger partial charge in [0.2, 0.25) is 11.8 Å². The van der Waals surface area contributed by atoms with Crippen LogP contribution in [0.1, 0.15) is 24.2 Å². The van der Waals surface area contributed by atoms with Gasteiger partial charge in [0.15, 0.2) is 0 Å². The first-order valence-corrected chi connectivity index (χ1v) is 8.90. The molecule has 2 aromatic rings. The molecule has 3 N–H and O–H groups in total. The van der Waals surface area contributed by atoms with E-state index >= 15 is 0 Å². The lowest BCUT2D eigenvalue weighted by Gasteiger charge is -2.13. The Labute approximate surface area is 159 Å². The molecule has 0 aliphatic rings. The van der Waals surface area contributed by atoms with Gasteiger partial charge < -0.3 is 15.7 Å². The zero-order chi connectivity index (χ0) is 19.3. The number of carbonyl (C=O) groups is 3. The van der Waals surface area contributed by atoms with Gasteiger partial charge in [-0.2, -0.15) is 0 Å². The van der Waals surface area contributed by atoms with E-state index in [0.29, 0.717) is 11.4 Å². The Kier molecular flexibility index (Phi) is 6.65. The van der Waals surface area contributed by atoms with Crippen molar-refractivity contribution in [2.75, 3.05) is 10.6 Å². The molecule has 2 aromatic carbocycles. The molecule has 2 rings (SSSR count). The third-order valence-electron chi connectivity index (χ3n) is 3.32. The molecule has 0 radical (unpaired) electrons. The summed E-state index contributed by atoms with van der Waals surface area (Å²) in [6.07, 6.45) is 0. The predicted molar refractivity (Wildman–Crippen MR) is 103 cm³/mol. The van der Waals surface area contributed by atoms with Gasteiger partial charge in [0, 0.05) is 23.2 Å². The number of aromatic carboxylic acids is 1. The highest BCUT2D eigenvalue weighted by molar-refractivity contribution is 8.00. The average molecular weight is 393 g/mol. The lowest BCUT2D eigenvalue weighted by Crippen LogP contribution is -2.22. The van der Waals surface area contributed by atoms with E-state index in [1.54, 1.807) is 25.1 Å². The molecule has 1 unspecified atom stereocenters. The van der Waals surface area contributed by atoms with Crippen LogP contribution in [0, 0.1) is 0 Å². The molecule has 26 heavy (non-hydrogen) atoms. The molecule has 136 valence electrons. The maximum Gasteiger partial charge on any atom is 0.337 e. The lowest BCUT2D eigenvalue weighted by atomic mass is 10.2. The Balaban J connectivity index is 2.00. The van der Waals surface area contributed by atoms with Crippen molar-refractivity contribution >= 4 is 52.5 Å². The number of hydrogen-bond acceptors (Lipinski definition) is 4. The third-order valence-corrected chi connectivity index (χ3v) is 4.76. The van der Waals surface area contributed by atoms with Crippen molar-refractivity contribution in [2.45, 2.75) is 24.0 Å². The summed E-state index contributed by atoms with van der Waals surface area (Å²) in [5.41, 5.74) is 0.977. The predicted octanol–water partition coefficient (Wildman–Crippen LogP) is 4.12. The molecule has 0 aliphatic heterocycles. The zero-order valence-electron chi connectivity index (χ0n) is 14.1. The third kappa shape index (κ3) is 5.50. The van der Waals surface area contributed by atoms with Crippen LogP contribution in [0.2, 0.25) is 5.02 Å². The topological polar surface area (TPSA) is 95.5 Å². The van der Waals surface area contributed by atoms with Crippen LogP contribution >= 0.6 is 23.4 Å². The Morgan fingerprint density at radius 2 is 1.65 bits per heavy atom. The molecule has 0 heterocycles. The molecule has 0 aromatic heterocycles. The second kappa shape index (κ2) is 8.73. The lowest BCUT2D eigenvalue weighted by molar-refractivity contribution is -0.115. The van der Waals surface area contributed by atoms with Crippen molar-refractivity contribution in [3.63, 3.8) is 0 Å². The van der Waals surface area contributed by atoms with E-state index in [1.165, 1.54) is 30.8 Å². The number of thioether (sulfide) groups is 1. The van der Waals surface area contributed by atoms with Crippen molar-refractivity contribution in [1.82, 2.24) is 0 Å². The fourth-order valence-corrected chi connectivity index (χ4v) is 3.15. The van der Waals surface area contributed by atoms with E-state index in [-0.39, 0.29) is 22.4 Å². The fourth-order valence-electron chi connectivity index (χ4n) is 2.09. The molecule has 0 aliphatic carbocycles. The van der Waals surface area contributed by atoms with Crippen LogP contribution in [0.3, 0.4) is 0 Å². The number of hydrogen-bond donors (Lipinski definition) is 3. The number of rotatable bonds is 6. The van der Waals surface area contributed by atoms with Gasteiger partial charge in [-0.25, -0.2) is 4.79 Å². The van der Waals surface area contributed by atoms with Gasteiger partial charge in [0.1, 0.15) is 0 Å². The first-order chi connectivity index (χ1) is 12.3. The molecule has 2 amide bonds. The van der Waals surface area contributed by atoms with Crippen LogP contribution in [-0.2, 0) is 9.59 Å². The Morgan fingerprint density at radius 1 is 1.04 bits per heavy atom. The summed E-state index contributed by atoms with van der Waals surface area (Å²) in [6, 6.07) is 11.4. The minimum absolute atomic E-state index is 0.0710. The standard InChI is InChI=1S/C18H17ClN2O4S/c1-10(26-14-6-3-12(4-7-14)20-11(2)22)17(23)21-13-5-8-16(19)15(9-13)18(24)25/h3-10H,1-2H3,(H,20,22)(H,21,23)(H,24,25). The quantitative estimate of drug-likeness (QED) is 0.643. The highest BCUT2D eigenvalue weighted by atomic mass is 35.5. The molecule has 8 heteroatoms. The van der Waals surface area contributed by atoms with Gasteiger partial charge >= 0.3 is 5.97 Å². The van der Waals surface area contributed by atoms with E-state index in [4.69, 9.17) is 16.7 Å². The SMILES string of the molecule is CC(=O)Nc1ccc(SC(C)C(=O)Nc2ccc(Cl)c(C(=O)O)c2)cc1. The summed E-state index contributed by atoms with van der Waals surface area (Å²) in [5, 5.41) is 14.1. The fraction of sp³-hybridized carbons (Fsp3) is 0.167. The van der Waals surface area contributed by atoms with Crippen LogP contribution in [0.15, 0.2) is 47.4 Å². The summed E-state index contributed by atoms with van der Waals surface area (Å²) in [5.74, 6) is -1.57. The monoisotopic (exact) mass is 392 g/mol. The summed E-state index contributed by atoms with van der Waals surface area (Å²) in [6.45, 7) is 3.18. The number of carboxylic acids is 1. The van der Waals surface area contributed by atoms with E-state index < -0.39 is 11.2 Å². The second-order valence-corrected chi connectivity index (χ2v) is 7.28. The minimum atomic E-state index is -1.16. The van der Waals surface area contributed by atoms with Crippen molar-refractivity contribution in [2.24, 2.45) is 0 Å². The molecule has 0 bridgehead atoms. The van der Waals surface area contributed by atoms with E-state index in [2.05, 4.69) is 10.6 Å². The minimum Gasteiger partial charge on any atom is -0.478 e. The van der Waals surface area contributed by atoms with E-state index in [9.17, 15) is 14.4 Å². The summed E-state index contributed by atoms with van der Waals surface area (Å²) < 4.78 is 0. The van der Waals surface area contributed by atoms with Crippen molar-refractivity contribution in [3.05, 3.63) is 53.1 Å². The number of carbonyl (C=O) groups excluding carboxylic acids is 2. The Morgan fingerprint density at radius 3 is 2.23 bits per heavy atom. The molecule has 6 nitrogen and oxygen atoms in total. The molecular formula is C18H17ClN2O4S.